The molecule has 39 heavy (non-hydrogen) atoms. The van der Waals surface area contributed by atoms with Crippen LogP contribution in [0.5, 0.6) is 0 Å². The number of nitrogens with one attached hydrogen (secondary N) is 1. The summed E-state index contributed by atoms with van der Waals surface area (Å²) in [6.45, 7) is 9.47. The Bertz CT molecular complexity index is 1450. The molecule has 2 saturated heterocycles. The van der Waals surface area contributed by atoms with Crippen LogP contribution in [-0.2, 0) is 0 Å². The minimum Gasteiger partial charge on any atom is -0.378 e. The first-order valence-electron chi connectivity index (χ1n) is 13.5. The Morgan fingerprint density at radius 1 is 1.08 bits per heavy atom. The van der Waals surface area contributed by atoms with Crippen molar-refractivity contribution >= 4 is 40.7 Å². The van der Waals surface area contributed by atoms with Crippen LogP contribution < -0.4 is 21.5 Å². The molecule has 2 aliphatic heterocycles. The van der Waals surface area contributed by atoms with Gasteiger partial charge in [-0.2, -0.15) is 11.8 Å². The average Bonchev–Trinajstić information content (AvgIpc) is 2.92. The predicted octanol–water partition coefficient (Wildman–Crippen LogP) is 3.78. The van der Waals surface area contributed by atoms with Crippen LogP contribution in [0.15, 0.2) is 47.4 Å². The Labute approximate surface area is 232 Å². The largest absolute Gasteiger partial charge is 0.378 e. The fraction of sp³-hybridized carbons (Fsp3) is 0.448. The average molecular weight is 549 g/mol. The van der Waals surface area contributed by atoms with Crippen molar-refractivity contribution in [1.29, 1.82) is 0 Å². The van der Waals surface area contributed by atoms with Crippen LogP contribution in [0, 0.1) is 5.41 Å². The molecule has 2 fully saturated rings. The third kappa shape index (κ3) is 5.75. The molecule has 2 aliphatic rings. The molecule has 1 aromatic carbocycles. The van der Waals surface area contributed by atoms with E-state index >= 15 is 0 Å². The molecule has 3 N–H and O–H groups in total. The molecule has 0 spiro atoms. The van der Waals surface area contributed by atoms with E-state index in [9.17, 15) is 14.4 Å². The van der Waals surface area contributed by atoms with Gasteiger partial charge >= 0.3 is 0 Å². The number of hydrogen-bond donors (Lipinski definition) is 2. The number of amides is 2. The SMILES string of the molecule is CC(Nc1ccccc1C(N)=O)c1cc(C(=O)N2CCSCC2)cn2c(=O)cc(N3CCC(C)(C)CC3)nc12. The molecular weight excluding hydrogens is 512 g/mol. The van der Waals surface area contributed by atoms with Crippen molar-refractivity contribution in [3.8, 4) is 0 Å². The number of nitrogens with two attached hydrogens (primary N) is 1. The van der Waals surface area contributed by atoms with E-state index in [-0.39, 0.29) is 22.9 Å². The summed E-state index contributed by atoms with van der Waals surface area (Å²) in [7, 11) is 0. The Morgan fingerprint density at radius 2 is 1.77 bits per heavy atom. The normalized spacial score (nSPS) is 18.1. The number of anilines is 2. The highest BCUT2D eigenvalue weighted by atomic mass is 32.2. The number of primary amides is 1. The fourth-order valence-corrected chi connectivity index (χ4v) is 6.14. The summed E-state index contributed by atoms with van der Waals surface area (Å²) in [6.07, 6.45) is 3.65. The lowest BCUT2D eigenvalue weighted by molar-refractivity contribution is 0.0771. The summed E-state index contributed by atoms with van der Waals surface area (Å²) in [4.78, 5) is 48.0. The quantitative estimate of drug-likeness (QED) is 0.482. The van der Waals surface area contributed by atoms with E-state index in [4.69, 9.17) is 10.7 Å². The molecule has 5 rings (SSSR count). The van der Waals surface area contributed by atoms with Gasteiger partial charge in [-0.25, -0.2) is 4.98 Å². The van der Waals surface area contributed by atoms with Crippen molar-refractivity contribution in [2.24, 2.45) is 11.1 Å². The number of pyridine rings is 1. The van der Waals surface area contributed by atoms with Gasteiger partial charge in [0.1, 0.15) is 11.5 Å². The lowest BCUT2D eigenvalue weighted by Crippen LogP contribution is -2.39. The molecule has 0 radical (unpaired) electrons. The zero-order valence-corrected chi connectivity index (χ0v) is 23.6. The summed E-state index contributed by atoms with van der Waals surface area (Å²) in [5.41, 5.74) is 8.23. The van der Waals surface area contributed by atoms with Crippen LogP contribution in [0.2, 0.25) is 0 Å². The van der Waals surface area contributed by atoms with Crippen LogP contribution in [0.3, 0.4) is 0 Å². The Balaban J connectivity index is 1.59. The van der Waals surface area contributed by atoms with Crippen molar-refractivity contribution < 1.29 is 9.59 Å². The number of thioether (sulfide) groups is 1. The molecule has 2 aromatic heterocycles. The first-order chi connectivity index (χ1) is 18.6. The van der Waals surface area contributed by atoms with Crippen molar-refractivity contribution in [1.82, 2.24) is 14.3 Å². The van der Waals surface area contributed by atoms with E-state index in [2.05, 4.69) is 24.1 Å². The second-order valence-electron chi connectivity index (χ2n) is 11.2. The lowest BCUT2D eigenvalue weighted by atomic mass is 9.83. The lowest BCUT2D eigenvalue weighted by Gasteiger charge is -2.37. The maximum Gasteiger partial charge on any atom is 0.259 e. The van der Waals surface area contributed by atoms with Crippen molar-refractivity contribution in [3.05, 3.63) is 69.6 Å². The minimum atomic E-state index is -0.535. The second-order valence-corrected chi connectivity index (χ2v) is 12.4. The van der Waals surface area contributed by atoms with Crippen LogP contribution >= 0.6 is 11.8 Å². The molecule has 1 unspecified atom stereocenters. The maximum absolute atomic E-state index is 13.5. The number of piperidine rings is 1. The zero-order valence-electron chi connectivity index (χ0n) is 22.8. The number of para-hydroxylation sites is 1. The summed E-state index contributed by atoms with van der Waals surface area (Å²) >= 11 is 1.83. The van der Waals surface area contributed by atoms with Crippen molar-refractivity contribution in [2.75, 3.05) is 47.9 Å². The Hall–Kier alpha value is -3.53. The molecule has 0 bridgehead atoms. The summed E-state index contributed by atoms with van der Waals surface area (Å²) < 4.78 is 1.48. The van der Waals surface area contributed by atoms with E-state index < -0.39 is 5.91 Å². The van der Waals surface area contributed by atoms with Gasteiger partial charge in [0.15, 0.2) is 0 Å². The van der Waals surface area contributed by atoms with Gasteiger partial charge in [-0.15, -0.1) is 0 Å². The van der Waals surface area contributed by atoms with Crippen molar-refractivity contribution in [3.63, 3.8) is 0 Å². The fourth-order valence-electron chi connectivity index (χ4n) is 5.24. The summed E-state index contributed by atoms with van der Waals surface area (Å²) in [5, 5.41) is 3.38. The predicted molar refractivity (Wildman–Crippen MR) is 157 cm³/mol. The van der Waals surface area contributed by atoms with E-state index in [1.807, 2.05) is 35.7 Å². The smallest absolute Gasteiger partial charge is 0.259 e. The van der Waals surface area contributed by atoms with E-state index in [1.54, 1.807) is 30.5 Å². The van der Waals surface area contributed by atoms with Crippen molar-refractivity contribution in [2.45, 2.75) is 39.7 Å². The van der Waals surface area contributed by atoms with Gasteiger partial charge in [0.2, 0.25) is 0 Å². The van der Waals surface area contributed by atoms with Gasteiger partial charge in [-0.1, -0.05) is 26.0 Å². The molecule has 0 saturated carbocycles. The third-order valence-corrected chi connectivity index (χ3v) is 8.74. The molecule has 4 heterocycles. The number of carbonyl (C=O) groups excluding carboxylic acids is 2. The van der Waals surface area contributed by atoms with Crippen LogP contribution in [-0.4, -0.2) is 63.8 Å². The first kappa shape index (κ1) is 27.1. The van der Waals surface area contributed by atoms with E-state index in [0.717, 1.165) is 37.4 Å². The molecule has 2 amide bonds. The van der Waals surface area contributed by atoms with Gasteiger partial charge in [0, 0.05) is 61.2 Å². The van der Waals surface area contributed by atoms with E-state index in [1.165, 1.54) is 4.40 Å². The van der Waals surface area contributed by atoms with Gasteiger partial charge in [0.25, 0.3) is 17.4 Å². The number of aromatic nitrogens is 2. The molecule has 3 aromatic rings. The minimum absolute atomic E-state index is 0.0996. The summed E-state index contributed by atoms with van der Waals surface area (Å²) in [6, 6.07) is 10.1. The Morgan fingerprint density at radius 3 is 2.46 bits per heavy atom. The number of benzene rings is 1. The second kappa shape index (κ2) is 10.9. The number of fused-ring (bicyclic) bond motifs is 1. The summed E-state index contributed by atoms with van der Waals surface area (Å²) in [5.74, 6) is 1.80. The Kier molecular flexibility index (Phi) is 7.57. The first-order valence-corrected chi connectivity index (χ1v) is 14.6. The molecule has 0 aliphatic carbocycles. The number of carbonyl (C=O) groups is 2. The van der Waals surface area contributed by atoms with Gasteiger partial charge < -0.3 is 20.9 Å². The molecule has 10 heteroatoms. The number of rotatable bonds is 6. The standard InChI is InChI=1S/C29H36N6O3S/c1-19(31-23-7-5-4-6-21(23)26(30)37)22-16-20(28(38)34-12-14-39-15-13-34)18-35-25(36)17-24(32-27(22)35)33-10-8-29(2,3)9-11-33/h4-7,16-19,31H,8-15H2,1-3H3,(H2,30,37). The molecular formula is C29H36N6O3S. The molecule has 9 nitrogen and oxygen atoms in total. The van der Waals surface area contributed by atoms with E-state index in [0.29, 0.717) is 46.9 Å². The number of hydrogen-bond acceptors (Lipinski definition) is 7. The monoisotopic (exact) mass is 548 g/mol. The third-order valence-electron chi connectivity index (χ3n) is 7.79. The maximum atomic E-state index is 13.5. The highest BCUT2D eigenvalue weighted by Crippen LogP contribution is 2.32. The molecule has 206 valence electrons. The zero-order chi connectivity index (χ0) is 27.7. The van der Waals surface area contributed by atoms with Crippen LogP contribution in [0.25, 0.3) is 5.65 Å². The molecule has 1 atom stereocenters. The van der Waals surface area contributed by atoms with Crippen LogP contribution in [0.4, 0.5) is 11.5 Å². The van der Waals surface area contributed by atoms with Gasteiger partial charge in [0.05, 0.1) is 17.2 Å². The number of nitrogens with zero attached hydrogens (tertiary/aromatic N) is 4. The highest BCUT2D eigenvalue weighted by molar-refractivity contribution is 7.99. The van der Waals surface area contributed by atoms with Gasteiger partial charge in [-0.3, -0.25) is 18.8 Å². The van der Waals surface area contributed by atoms with Gasteiger partial charge in [-0.05, 0) is 43.4 Å². The van der Waals surface area contributed by atoms with Crippen LogP contribution in [0.1, 0.15) is 65.9 Å². The highest BCUT2D eigenvalue weighted by Gasteiger charge is 2.28. The topological polar surface area (TPSA) is 113 Å².